The molecule has 6 heteroatoms. The van der Waals surface area contributed by atoms with Gasteiger partial charge < -0.3 is 21.5 Å². The Morgan fingerprint density at radius 2 is 1.96 bits per heavy atom. The Morgan fingerprint density at radius 1 is 1.12 bits per heavy atom. The second-order valence-electron chi connectivity index (χ2n) is 6.40. The minimum Gasteiger partial charge on any atom is -0.396 e. The van der Waals surface area contributed by atoms with Crippen molar-refractivity contribution >= 4 is 17.3 Å². The van der Waals surface area contributed by atoms with Crippen molar-refractivity contribution < 1.29 is 5.11 Å². The Labute approximate surface area is 142 Å². The molecule has 0 saturated heterocycles. The zero-order valence-electron chi connectivity index (χ0n) is 13.8. The maximum atomic E-state index is 9.58. The van der Waals surface area contributed by atoms with Crippen molar-refractivity contribution in [2.24, 2.45) is 5.92 Å². The smallest absolute Gasteiger partial charge is 0.151 e. The van der Waals surface area contributed by atoms with Gasteiger partial charge in [0.2, 0.25) is 0 Å². The van der Waals surface area contributed by atoms with E-state index in [1.54, 1.807) is 6.20 Å². The summed E-state index contributed by atoms with van der Waals surface area (Å²) in [4.78, 5) is 8.67. The van der Waals surface area contributed by atoms with Crippen molar-refractivity contribution in [3.63, 3.8) is 0 Å². The van der Waals surface area contributed by atoms with Crippen molar-refractivity contribution in [1.82, 2.24) is 9.97 Å². The second-order valence-corrected chi connectivity index (χ2v) is 6.40. The third-order valence-electron chi connectivity index (χ3n) is 4.50. The maximum absolute atomic E-state index is 9.58. The van der Waals surface area contributed by atoms with Crippen LogP contribution in [0.1, 0.15) is 31.2 Å². The lowest BCUT2D eigenvalue weighted by Gasteiger charge is -2.25. The minimum atomic E-state index is -0.121. The highest BCUT2D eigenvalue weighted by atomic mass is 16.3. The molecule has 2 aromatic heterocycles. The third-order valence-corrected chi connectivity index (χ3v) is 4.50. The van der Waals surface area contributed by atoms with Gasteiger partial charge in [-0.1, -0.05) is 6.07 Å². The largest absolute Gasteiger partial charge is 0.396 e. The fourth-order valence-corrected chi connectivity index (χ4v) is 3.00. The van der Waals surface area contributed by atoms with Crippen LogP contribution in [0.5, 0.6) is 0 Å². The van der Waals surface area contributed by atoms with Crippen LogP contribution in [0, 0.1) is 5.92 Å². The number of anilines is 3. The standard InChI is InChI=1S/C18H25N5O/c19-16-7-8-17(21-12-14-2-1-9-20-10-14)23-18(16)22-11-13-3-5-15(24)6-4-13/h1-2,7-10,13,15,24H,3-6,11-12,19H2,(H2,21,22,23). The van der Waals surface area contributed by atoms with Gasteiger partial charge in [0, 0.05) is 25.5 Å². The van der Waals surface area contributed by atoms with Crippen molar-refractivity contribution in [3.05, 3.63) is 42.2 Å². The number of pyridine rings is 2. The Balaban J connectivity index is 1.55. The molecule has 0 bridgehead atoms. The van der Waals surface area contributed by atoms with Crippen LogP contribution in [0.2, 0.25) is 0 Å². The van der Waals surface area contributed by atoms with Crippen LogP contribution in [-0.4, -0.2) is 27.7 Å². The summed E-state index contributed by atoms with van der Waals surface area (Å²) in [6, 6.07) is 7.69. The van der Waals surface area contributed by atoms with Gasteiger partial charge in [0.1, 0.15) is 5.82 Å². The molecule has 0 unspecified atom stereocenters. The predicted molar refractivity (Wildman–Crippen MR) is 96.7 cm³/mol. The van der Waals surface area contributed by atoms with E-state index < -0.39 is 0 Å². The summed E-state index contributed by atoms with van der Waals surface area (Å²) in [6.07, 6.45) is 7.35. The first kappa shape index (κ1) is 16.5. The summed E-state index contributed by atoms with van der Waals surface area (Å²) in [6.45, 7) is 1.51. The predicted octanol–water partition coefficient (Wildman–Crippen LogP) is 2.63. The number of aromatic nitrogens is 2. The van der Waals surface area contributed by atoms with Gasteiger partial charge in [-0.15, -0.1) is 0 Å². The van der Waals surface area contributed by atoms with Gasteiger partial charge in [-0.2, -0.15) is 0 Å². The van der Waals surface area contributed by atoms with Gasteiger partial charge in [0.05, 0.1) is 11.8 Å². The number of nitrogen functional groups attached to an aromatic ring is 1. The van der Waals surface area contributed by atoms with Gasteiger partial charge in [0.15, 0.2) is 5.82 Å². The third kappa shape index (κ3) is 4.58. The number of hydrogen-bond acceptors (Lipinski definition) is 6. The van der Waals surface area contributed by atoms with Gasteiger partial charge in [-0.05, 0) is 55.4 Å². The van der Waals surface area contributed by atoms with E-state index in [4.69, 9.17) is 5.73 Å². The van der Waals surface area contributed by atoms with Crippen molar-refractivity contribution in [2.75, 3.05) is 22.9 Å². The molecule has 2 aromatic rings. The molecule has 6 nitrogen and oxygen atoms in total. The molecule has 1 fully saturated rings. The van der Waals surface area contributed by atoms with Crippen LogP contribution in [0.4, 0.5) is 17.3 Å². The zero-order valence-corrected chi connectivity index (χ0v) is 13.8. The molecule has 128 valence electrons. The highest BCUT2D eigenvalue weighted by molar-refractivity contribution is 5.64. The quantitative estimate of drug-likeness (QED) is 0.651. The van der Waals surface area contributed by atoms with Gasteiger partial charge in [-0.25, -0.2) is 4.98 Å². The maximum Gasteiger partial charge on any atom is 0.151 e. The lowest BCUT2D eigenvalue weighted by atomic mass is 9.87. The molecule has 0 aromatic carbocycles. The Morgan fingerprint density at radius 3 is 2.71 bits per heavy atom. The van der Waals surface area contributed by atoms with Crippen molar-refractivity contribution in [3.8, 4) is 0 Å². The molecule has 0 radical (unpaired) electrons. The molecule has 24 heavy (non-hydrogen) atoms. The first-order valence-corrected chi connectivity index (χ1v) is 8.52. The molecule has 1 aliphatic carbocycles. The van der Waals surface area contributed by atoms with Crippen LogP contribution in [0.15, 0.2) is 36.7 Å². The average molecular weight is 327 g/mol. The van der Waals surface area contributed by atoms with Crippen LogP contribution in [0.25, 0.3) is 0 Å². The highest BCUT2D eigenvalue weighted by Crippen LogP contribution is 2.25. The van der Waals surface area contributed by atoms with E-state index in [0.29, 0.717) is 18.2 Å². The molecule has 0 spiro atoms. The van der Waals surface area contributed by atoms with E-state index in [2.05, 4.69) is 20.6 Å². The average Bonchev–Trinajstić information content (AvgIpc) is 2.62. The highest BCUT2D eigenvalue weighted by Gasteiger charge is 2.19. The summed E-state index contributed by atoms with van der Waals surface area (Å²) in [5, 5.41) is 16.2. The topological polar surface area (TPSA) is 96.1 Å². The summed E-state index contributed by atoms with van der Waals surface area (Å²) in [5.41, 5.74) is 7.79. The molecular formula is C18H25N5O. The number of nitrogens with zero attached hydrogens (tertiary/aromatic N) is 2. The molecule has 0 amide bonds. The Hall–Kier alpha value is -2.34. The molecule has 1 saturated carbocycles. The number of nitrogens with one attached hydrogen (secondary N) is 2. The monoisotopic (exact) mass is 327 g/mol. The molecule has 0 atom stereocenters. The van der Waals surface area contributed by atoms with Crippen molar-refractivity contribution in [1.29, 1.82) is 0 Å². The first-order valence-electron chi connectivity index (χ1n) is 8.52. The van der Waals surface area contributed by atoms with Gasteiger partial charge >= 0.3 is 0 Å². The lowest BCUT2D eigenvalue weighted by Crippen LogP contribution is -2.24. The molecule has 0 aliphatic heterocycles. The van der Waals surface area contributed by atoms with Crippen LogP contribution < -0.4 is 16.4 Å². The van der Waals surface area contributed by atoms with E-state index in [-0.39, 0.29) is 6.10 Å². The van der Waals surface area contributed by atoms with Crippen LogP contribution in [0.3, 0.4) is 0 Å². The van der Waals surface area contributed by atoms with E-state index in [0.717, 1.165) is 49.4 Å². The Bertz CT molecular complexity index is 641. The molecule has 2 heterocycles. The lowest BCUT2D eigenvalue weighted by molar-refractivity contribution is 0.111. The second kappa shape index (κ2) is 7.97. The minimum absolute atomic E-state index is 0.121. The van der Waals surface area contributed by atoms with Crippen LogP contribution >= 0.6 is 0 Å². The van der Waals surface area contributed by atoms with Crippen LogP contribution in [-0.2, 0) is 6.54 Å². The number of nitrogens with two attached hydrogens (primary N) is 1. The molecular weight excluding hydrogens is 302 g/mol. The number of rotatable bonds is 6. The van der Waals surface area contributed by atoms with E-state index >= 15 is 0 Å². The summed E-state index contributed by atoms with van der Waals surface area (Å²) >= 11 is 0. The number of aliphatic hydroxyl groups is 1. The van der Waals surface area contributed by atoms with Gasteiger partial charge in [0.25, 0.3) is 0 Å². The Kier molecular flexibility index (Phi) is 5.48. The summed E-state index contributed by atoms with van der Waals surface area (Å²) in [7, 11) is 0. The summed E-state index contributed by atoms with van der Waals surface area (Å²) < 4.78 is 0. The zero-order chi connectivity index (χ0) is 16.8. The SMILES string of the molecule is Nc1ccc(NCc2cccnc2)nc1NCC1CCC(O)CC1. The first-order chi connectivity index (χ1) is 11.7. The van der Waals surface area contributed by atoms with Gasteiger partial charge in [-0.3, -0.25) is 4.98 Å². The normalized spacial score (nSPS) is 20.5. The molecule has 1 aliphatic rings. The molecule has 3 rings (SSSR count). The summed E-state index contributed by atoms with van der Waals surface area (Å²) in [5.74, 6) is 2.08. The van der Waals surface area contributed by atoms with Crippen molar-refractivity contribution in [2.45, 2.75) is 38.3 Å². The fourth-order valence-electron chi connectivity index (χ4n) is 3.00. The molecule has 5 N–H and O–H groups in total. The van der Waals surface area contributed by atoms with E-state index in [9.17, 15) is 5.11 Å². The number of hydrogen-bond donors (Lipinski definition) is 4. The van der Waals surface area contributed by atoms with E-state index in [1.807, 2.05) is 30.5 Å². The fraction of sp³-hybridized carbons (Fsp3) is 0.444. The number of aliphatic hydroxyl groups excluding tert-OH is 1. The van der Waals surface area contributed by atoms with E-state index in [1.165, 1.54) is 0 Å².